The molecule has 2 aromatic carbocycles. The molecular weight excluding hydrogens is 364 g/mol. The number of aliphatic imine (C=N–C) groups is 1. The van der Waals surface area contributed by atoms with Crippen molar-refractivity contribution in [3.8, 4) is 5.75 Å². The van der Waals surface area contributed by atoms with Crippen LogP contribution in [-0.2, 0) is 0 Å². The molecule has 154 valence electrons. The molecule has 1 atom stereocenters. The lowest BCUT2D eigenvalue weighted by Gasteiger charge is -2.47. The third-order valence-corrected chi connectivity index (χ3v) is 5.63. The van der Waals surface area contributed by atoms with Crippen molar-refractivity contribution in [1.29, 1.82) is 0 Å². The molecule has 1 N–H and O–H groups in total. The van der Waals surface area contributed by atoms with E-state index in [4.69, 9.17) is 4.74 Å². The first kappa shape index (κ1) is 20.9. The molecule has 5 nitrogen and oxygen atoms in total. The van der Waals surface area contributed by atoms with Gasteiger partial charge in [-0.05, 0) is 62.4 Å². The minimum atomic E-state index is -0.958. The van der Waals surface area contributed by atoms with Crippen molar-refractivity contribution in [2.75, 3.05) is 18.6 Å². The number of hydrogen-bond acceptors (Lipinski definition) is 4. The minimum absolute atomic E-state index is 0.0975. The predicted molar refractivity (Wildman–Crippen MR) is 118 cm³/mol. The molecule has 1 aliphatic heterocycles. The summed E-state index contributed by atoms with van der Waals surface area (Å²) < 4.78 is 5.68. The van der Waals surface area contributed by atoms with E-state index in [1.165, 1.54) is 11.3 Å². The standard InChI is InChI=1S/C24H30N2O3/c1-6-10-26-21-13-22(29-5)18(12-20(21)16(2)14-24(26,3)4)15-25-19-9-7-8-17(11-19)23(27)28/h7-9,11-13,15-16H,6,10,14H2,1-5H3,(H,27,28). The van der Waals surface area contributed by atoms with Crippen LogP contribution in [-0.4, -0.2) is 36.5 Å². The van der Waals surface area contributed by atoms with E-state index in [1.54, 1.807) is 37.6 Å². The van der Waals surface area contributed by atoms with Crippen LogP contribution in [0.25, 0.3) is 0 Å². The van der Waals surface area contributed by atoms with Crippen molar-refractivity contribution < 1.29 is 14.6 Å². The number of fused-ring (bicyclic) bond motifs is 1. The largest absolute Gasteiger partial charge is 0.496 e. The summed E-state index contributed by atoms with van der Waals surface area (Å²) in [6.07, 6.45) is 3.93. The van der Waals surface area contributed by atoms with Gasteiger partial charge in [-0.15, -0.1) is 0 Å². The first-order valence-electron chi connectivity index (χ1n) is 10.1. The Labute approximate surface area is 173 Å². The lowest BCUT2D eigenvalue weighted by Crippen LogP contribution is -2.48. The van der Waals surface area contributed by atoms with Crippen LogP contribution in [0.2, 0.25) is 0 Å². The quantitative estimate of drug-likeness (QED) is 0.644. The first-order valence-corrected chi connectivity index (χ1v) is 10.1. The number of aromatic carboxylic acids is 1. The fourth-order valence-corrected chi connectivity index (χ4v) is 4.32. The molecule has 0 amide bonds. The van der Waals surface area contributed by atoms with Gasteiger partial charge in [-0.1, -0.05) is 19.9 Å². The number of nitrogens with zero attached hydrogens (tertiary/aromatic N) is 2. The number of carboxylic acid groups (broad SMARTS) is 1. The second-order valence-corrected chi connectivity index (χ2v) is 8.34. The highest BCUT2D eigenvalue weighted by Gasteiger charge is 2.36. The molecule has 0 aliphatic carbocycles. The molecule has 5 heteroatoms. The van der Waals surface area contributed by atoms with Gasteiger partial charge in [-0.25, -0.2) is 4.79 Å². The topological polar surface area (TPSA) is 62.1 Å². The first-order chi connectivity index (χ1) is 13.8. The van der Waals surface area contributed by atoms with Crippen LogP contribution in [0, 0.1) is 0 Å². The number of methoxy groups -OCH3 is 1. The van der Waals surface area contributed by atoms with Gasteiger partial charge in [-0.3, -0.25) is 4.99 Å². The van der Waals surface area contributed by atoms with Gasteiger partial charge in [0.1, 0.15) is 5.75 Å². The molecule has 0 fully saturated rings. The Morgan fingerprint density at radius 1 is 1.34 bits per heavy atom. The van der Waals surface area contributed by atoms with Crippen LogP contribution in [0.5, 0.6) is 5.75 Å². The summed E-state index contributed by atoms with van der Waals surface area (Å²) in [6.45, 7) is 10.1. The Bertz CT molecular complexity index is 934. The van der Waals surface area contributed by atoms with E-state index in [0.29, 0.717) is 11.6 Å². The monoisotopic (exact) mass is 394 g/mol. The summed E-state index contributed by atoms with van der Waals surface area (Å²) in [5, 5.41) is 9.17. The molecule has 1 aliphatic rings. The summed E-state index contributed by atoms with van der Waals surface area (Å²) in [5.41, 5.74) is 4.36. The molecule has 0 spiro atoms. The zero-order valence-corrected chi connectivity index (χ0v) is 17.9. The lowest BCUT2D eigenvalue weighted by molar-refractivity contribution is 0.0697. The van der Waals surface area contributed by atoms with Crippen LogP contribution in [0.4, 0.5) is 11.4 Å². The molecule has 0 saturated carbocycles. The number of carboxylic acids is 1. The smallest absolute Gasteiger partial charge is 0.335 e. The average molecular weight is 395 g/mol. The molecule has 0 bridgehead atoms. The number of benzene rings is 2. The summed E-state index contributed by atoms with van der Waals surface area (Å²) in [7, 11) is 1.67. The van der Waals surface area contributed by atoms with Crippen LogP contribution in [0.1, 0.15) is 67.9 Å². The highest BCUT2D eigenvalue weighted by molar-refractivity contribution is 5.90. The van der Waals surface area contributed by atoms with Gasteiger partial charge in [0.2, 0.25) is 0 Å². The van der Waals surface area contributed by atoms with Crippen molar-refractivity contribution >= 4 is 23.6 Å². The Morgan fingerprint density at radius 3 is 2.76 bits per heavy atom. The predicted octanol–water partition coefficient (Wildman–Crippen LogP) is 5.65. The van der Waals surface area contributed by atoms with Gasteiger partial charge < -0.3 is 14.7 Å². The molecule has 3 rings (SSSR count). The average Bonchev–Trinajstić information content (AvgIpc) is 2.68. The van der Waals surface area contributed by atoms with Gasteiger partial charge in [-0.2, -0.15) is 0 Å². The highest BCUT2D eigenvalue weighted by Crippen LogP contribution is 2.45. The normalized spacial score (nSPS) is 18.0. The van der Waals surface area contributed by atoms with E-state index in [0.717, 1.165) is 30.7 Å². The summed E-state index contributed by atoms with van der Waals surface area (Å²) >= 11 is 0. The Morgan fingerprint density at radius 2 is 2.10 bits per heavy atom. The molecule has 0 saturated heterocycles. The summed E-state index contributed by atoms with van der Waals surface area (Å²) in [5.74, 6) is 0.246. The van der Waals surface area contributed by atoms with E-state index in [1.807, 2.05) is 0 Å². The van der Waals surface area contributed by atoms with E-state index in [9.17, 15) is 9.90 Å². The number of anilines is 1. The van der Waals surface area contributed by atoms with E-state index in [2.05, 4.69) is 49.7 Å². The maximum atomic E-state index is 11.2. The lowest BCUT2D eigenvalue weighted by atomic mass is 9.79. The second kappa shape index (κ2) is 8.27. The third-order valence-electron chi connectivity index (χ3n) is 5.63. The van der Waals surface area contributed by atoms with Gasteiger partial charge >= 0.3 is 5.97 Å². The highest BCUT2D eigenvalue weighted by atomic mass is 16.5. The Hall–Kier alpha value is -2.82. The number of rotatable bonds is 6. The van der Waals surface area contributed by atoms with Crippen molar-refractivity contribution in [1.82, 2.24) is 0 Å². The maximum Gasteiger partial charge on any atom is 0.335 e. The zero-order valence-electron chi connectivity index (χ0n) is 17.9. The summed E-state index contributed by atoms with van der Waals surface area (Å²) in [4.78, 5) is 18.2. The zero-order chi connectivity index (χ0) is 21.2. The SMILES string of the molecule is CCCN1c2cc(OC)c(C=Nc3cccc(C(=O)O)c3)cc2C(C)CC1(C)C. The van der Waals surface area contributed by atoms with Crippen molar-refractivity contribution in [3.05, 3.63) is 53.1 Å². The number of ether oxygens (including phenoxy) is 1. The third kappa shape index (κ3) is 4.29. The maximum absolute atomic E-state index is 11.2. The number of carbonyl (C=O) groups is 1. The van der Waals surface area contributed by atoms with Crippen LogP contribution in [0.15, 0.2) is 41.4 Å². The molecule has 0 radical (unpaired) electrons. The Balaban J connectivity index is 2.03. The van der Waals surface area contributed by atoms with Crippen LogP contribution in [0.3, 0.4) is 0 Å². The van der Waals surface area contributed by atoms with E-state index in [-0.39, 0.29) is 11.1 Å². The van der Waals surface area contributed by atoms with Crippen molar-refractivity contribution in [2.45, 2.75) is 52.0 Å². The molecule has 1 heterocycles. The molecule has 0 aromatic heterocycles. The molecule has 29 heavy (non-hydrogen) atoms. The van der Waals surface area contributed by atoms with E-state index >= 15 is 0 Å². The van der Waals surface area contributed by atoms with Crippen LogP contribution < -0.4 is 9.64 Å². The molecule has 2 aromatic rings. The fourth-order valence-electron chi connectivity index (χ4n) is 4.32. The van der Waals surface area contributed by atoms with Crippen molar-refractivity contribution in [2.24, 2.45) is 4.99 Å². The number of hydrogen-bond donors (Lipinski definition) is 1. The van der Waals surface area contributed by atoms with Crippen LogP contribution >= 0.6 is 0 Å². The van der Waals surface area contributed by atoms with Gasteiger partial charge in [0.25, 0.3) is 0 Å². The van der Waals surface area contributed by atoms with Gasteiger partial charge in [0, 0.05) is 35.6 Å². The van der Waals surface area contributed by atoms with Gasteiger partial charge in [0.15, 0.2) is 0 Å². The van der Waals surface area contributed by atoms with E-state index < -0.39 is 5.97 Å². The minimum Gasteiger partial charge on any atom is -0.496 e. The molecule has 1 unspecified atom stereocenters. The molecular formula is C24H30N2O3. The van der Waals surface area contributed by atoms with Gasteiger partial charge in [0.05, 0.1) is 18.4 Å². The second-order valence-electron chi connectivity index (χ2n) is 8.34. The fraction of sp³-hybridized carbons (Fsp3) is 0.417. The Kier molecular flexibility index (Phi) is 5.96. The summed E-state index contributed by atoms with van der Waals surface area (Å²) in [6, 6.07) is 10.9. The van der Waals surface area contributed by atoms with Crippen molar-refractivity contribution in [3.63, 3.8) is 0 Å².